The molecule has 0 unspecified atom stereocenters. The molecule has 1 saturated heterocycles. The van der Waals surface area contributed by atoms with E-state index in [1.54, 1.807) is 85.3 Å². The third-order valence-corrected chi connectivity index (χ3v) is 20.6. The summed E-state index contributed by atoms with van der Waals surface area (Å²) in [4.78, 5) is 76.5. The number of carbonyl (C=O) groups is 6. The van der Waals surface area contributed by atoms with Crippen molar-refractivity contribution < 1.29 is 87.2 Å². The Kier molecular flexibility index (Phi) is 71.1. The molecule has 0 atom stereocenters. The van der Waals surface area contributed by atoms with E-state index in [0.29, 0.717) is 81.3 Å². The van der Waals surface area contributed by atoms with Gasteiger partial charge in [0.05, 0.1) is 84.6 Å². The van der Waals surface area contributed by atoms with Crippen LogP contribution >= 0.6 is 0 Å². The van der Waals surface area contributed by atoms with Crippen molar-refractivity contribution in [1.82, 2.24) is 9.80 Å². The molecule has 0 aromatic heterocycles. The molecular formula is C78H152AlBN4O18S2. The van der Waals surface area contributed by atoms with E-state index in [2.05, 4.69) is 38.1 Å². The number of hydrogen-bond donors (Lipinski definition) is 1. The summed E-state index contributed by atoms with van der Waals surface area (Å²) in [6, 6.07) is 0. The number of ether oxygens (including phenoxy) is 6. The molecule has 610 valence electrons. The molecular weight excluding hydrogens is 1380 g/mol. The Bertz CT molecular complexity index is 2470. The summed E-state index contributed by atoms with van der Waals surface area (Å²) in [5.41, 5.74) is -3.11. The van der Waals surface area contributed by atoms with Gasteiger partial charge in [-0.2, -0.15) is 8.42 Å². The molecule has 1 heterocycles. The second-order valence-electron chi connectivity index (χ2n) is 30.5. The molecule has 26 heteroatoms. The number of hydrogen-bond acceptors (Lipinski definition) is 21. The predicted octanol–water partition coefficient (Wildman–Crippen LogP) is 15.6. The van der Waals surface area contributed by atoms with Crippen LogP contribution in [-0.4, -0.2) is 222 Å². The standard InChI is InChI=1S/C27H53NO7S.C24H47NO4.C16H30O2.C8H15NO2.C3H6O3S.Al.B.HN/c1-8-9-10-11-12-13-14-15-16-17-21-34-24(29)26(2,3)27(4,5)25(30)35-22-20-28(6,7)19-18-23-36(31,32)33;1-8-9-10-11-12-13-14-15-16-17-19-28-21(26)23(2,3)24(4,5)22(27)29-20-18-25(6)7;1-4-5-6-7-8-9-10-11-12-13-14-18-16(17)15(2)3;1-7(2)8(10)11-6-5-9(3)4;4-7(5)3-1-2-6-7;;;/h8-23H2,1-7H3;8-20H2,1-7H3;2,4-14H2,1,3H3;1,5-6H2,2-4H3;1-3H2;;;1H. The molecule has 1 N–H and O–H groups in total. The number of likely N-dealkylation sites (N-methyl/N-ethyl adjacent to an activating group) is 3. The Hall–Kier alpha value is -3.60. The summed E-state index contributed by atoms with van der Waals surface area (Å²) < 4.78 is 94.9. The second-order valence-corrected chi connectivity index (χ2v) is 33.7. The first-order valence-corrected chi connectivity index (χ1v) is 42.3. The normalized spacial score (nSPS) is 12.7. The molecule has 0 bridgehead atoms. The fraction of sp³-hybridized carbons (Fsp3) is 0.872. The monoisotopic (exact) mass is 1540 g/mol. The first-order chi connectivity index (χ1) is 48.1. The zero-order chi connectivity index (χ0) is 80.0. The van der Waals surface area contributed by atoms with Crippen molar-refractivity contribution in [3.8, 4) is 0 Å². The zero-order valence-electron chi connectivity index (χ0n) is 69.4. The van der Waals surface area contributed by atoms with Crippen LogP contribution in [0.15, 0.2) is 24.3 Å². The summed E-state index contributed by atoms with van der Waals surface area (Å²) in [5.74, 6) is -2.36. The van der Waals surface area contributed by atoms with E-state index in [0.717, 1.165) is 45.1 Å². The molecule has 0 saturated carbocycles. The minimum atomic E-state index is -4.23. The van der Waals surface area contributed by atoms with E-state index < -0.39 is 59.6 Å². The molecule has 4 radical (unpaired) electrons. The van der Waals surface area contributed by atoms with Gasteiger partial charge in [-0.3, -0.25) is 23.4 Å². The molecule has 22 nitrogen and oxygen atoms in total. The molecule has 0 amide bonds. The van der Waals surface area contributed by atoms with Crippen molar-refractivity contribution in [3.05, 3.63) is 24.3 Å². The number of quaternary nitrogens is 1. The van der Waals surface area contributed by atoms with E-state index in [-0.39, 0.29) is 51.1 Å². The van der Waals surface area contributed by atoms with Gasteiger partial charge in [-0.05, 0) is 123 Å². The van der Waals surface area contributed by atoms with Gasteiger partial charge >= 0.3 is 56.3 Å². The van der Waals surface area contributed by atoms with Gasteiger partial charge in [0.25, 0.3) is 10.1 Å². The van der Waals surface area contributed by atoms with Crippen molar-refractivity contribution in [3.63, 3.8) is 0 Å². The van der Waals surface area contributed by atoms with Crippen LogP contribution in [0.1, 0.15) is 295 Å². The molecule has 104 heavy (non-hydrogen) atoms. The number of carbonyl (C=O) groups excluding carboxylic acids is 6. The van der Waals surface area contributed by atoms with E-state index >= 15 is 0 Å². The van der Waals surface area contributed by atoms with Crippen molar-refractivity contribution in [2.75, 3.05) is 126 Å². The summed E-state index contributed by atoms with van der Waals surface area (Å²) in [6.07, 6.45) is 38.3. The van der Waals surface area contributed by atoms with Gasteiger partial charge in [0.15, 0.2) is 0 Å². The van der Waals surface area contributed by atoms with E-state index in [9.17, 15) is 50.2 Å². The maximum absolute atomic E-state index is 12.8. The van der Waals surface area contributed by atoms with E-state index in [4.69, 9.17) is 32.8 Å². The van der Waals surface area contributed by atoms with E-state index in [1.807, 2.05) is 52.1 Å². The molecule has 0 aliphatic carbocycles. The predicted molar refractivity (Wildman–Crippen MR) is 423 cm³/mol. The van der Waals surface area contributed by atoms with Crippen molar-refractivity contribution >= 4 is 80.6 Å². The van der Waals surface area contributed by atoms with Gasteiger partial charge < -0.3 is 47.3 Å². The van der Waals surface area contributed by atoms with Crippen LogP contribution in [0.25, 0.3) is 0 Å². The molecule has 1 fully saturated rings. The third kappa shape index (κ3) is 63.3. The SMILES string of the molecule is C=C(C)C(=O)OCCCCCCCCCCCC.C=C(C)C(=O)OCCN(C)C.CCCCCCCCCCCCOC(=O)C(C)(C)C(C)(C)C(=O)OCCN(C)C.CCCCCCCCCCCCOC(=O)C(C)(C)C(C)(C)C(=O)OCC[N+](C)(C)CCCS(=O)(=O)[O-].O=S1(=O)CCCO1.[B].[NH]=[Al]. The molecule has 0 aromatic rings. The molecule has 0 aromatic carbocycles. The first kappa shape index (κ1) is 111. The van der Waals surface area contributed by atoms with Gasteiger partial charge in [0.1, 0.15) is 26.4 Å². The number of nitrogens with zero attached hydrogens (tertiary/aromatic N) is 3. The Morgan fingerprint density at radius 3 is 0.942 bits per heavy atom. The van der Waals surface area contributed by atoms with Gasteiger partial charge in [-0.1, -0.05) is 207 Å². The summed E-state index contributed by atoms with van der Waals surface area (Å²) in [6.45, 7) is 35.8. The topological polar surface area (TPSA) is 289 Å². The number of unbranched alkanes of at least 4 members (excludes halogenated alkanes) is 27. The van der Waals surface area contributed by atoms with Crippen LogP contribution in [0, 0.1) is 26.0 Å². The Labute approximate surface area is 645 Å². The third-order valence-electron chi connectivity index (χ3n) is 18.5. The van der Waals surface area contributed by atoms with Gasteiger partial charge in [-0.25, -0.2) is 18.0 Å². The maximum atomic E-state index is 12.8. The molecule has 0 spiro atoms. The fourth-order valence-corrected chi connectivity index (χ4v) is 11.0. The Morgan fingerprint density at radius 2 is 0.702 bits per heavy atom. The molecule has 1 aliphatic heterocycles. The van der Waals surface area contributed by atoms with Crippen molar-refractivity contribution in [2.45, 2.75) is 295 Å². The summed E-state index contributed by atoms with van der Waals surface area (Å²) >= 11 is 1.67. The fourth-order valence-electron chi connectivity index (χ4n) is 9.54. The van der Waals surface area contributed by atoms with Gasteiger partial charge in [0.2, 0.25) is 0 Å². The van der Waals surface area contributed by atoms with Gasteiger partial charge in [-0.15, -0.1) is 0 Å². The van der Waals surface area contributed by atoms with Gasteiger partial charge in [0, 0.05) is 44.8 Å². The average Bonchev–Trinajstić information content (AvgIpc) is 1.35. The minimum absolute atomic E-state index is 0. The van der Waals surface area contributed by atoms with Crippen molar-refractivity contribution in [1.29, 1.82) is 4.35 Å². The van der Waals surface area contributed by atoms with Crippen molar-refractivity contribution in [2.24, 2.45) is 21.7 Å². The summed E-state index contributed by atoms with van der Waals surface area (Å²) in [7, 11) is 4.18. The number of nitrogens with one attached hydrogen (secondary N) is 1. The van der Waals surface area contributed by atoms with Crippen LogP contribution in [0.2, 0.25) is 0 Å². The first-order valence-electron chi connectivity index (χ1n) is 38.6. The Morgan fingerprint density at radius 1 is 0.452 bits per heavy atom. The average molecular weight is 1540 g/mol. The Balaban J connectivity index is -0.000000312. The van der Waals surface area contributed by atoms with Crippen LogP contribution in [-0.2, 0) is 81.6 Å². The second kappa shape index (κ2) is 66.4. The molecule has 1 rings (SSSR count). The van der Waals surface area contributed by atoms with E-state index in [1.165, 1.54) is 154 Å². The molecule has 1 aliphatic rings. The summed E-state index contributed by atoms with van der Waals surface area (Å²) in [5, 5.41) is 0. The van der Waals surface area contributed by atoms with Crippen LogP contribution < -0.4 is 0 Å². The van der Waals surface area contributed by atoms with Crippen LogP contribution in [0.5, 0.6) is 0 Å². The number of rotatable bonds is 54. The van der Waals surface area contributed by atoms with Crippen LogP contribution in [0.3, 0.4) is 0 Å². The van der Waals surface area contributed by atoms with Crippen LogP contribution in [0.4, 0.5) is 0 Å². The zero-order valence-corrected chi connectivity index (χ0v) is 72.2. The number of esters is 6. The quantitative estimate of drug-likeness (QED) is 0.00865.